The Kier molecular flexibility index (Phi) is 3.20. The van der Waals surface area contributed by atoms with Crippen molar-refractivity contribution in [3.05, 3.63) is 10.1 Å². The lowest BCUT2D eigenvalue weighted by Gasteiger charge is -2.04. The minimum atomic E-state index is -0.384. The zero-order chi connectivity index (χ0) is 7.44. The topological polar surface area (TPSA) is 43.1 Å². The summed E-state index contributed by atoms with van der Waals surface area (Å²) in [7, 11) is 0. The molecule has 0 saturated carbocycles. The average Bonchev–Trinajstić information content (AvgIpc) is 1.63. The van der Waals surface area contributed by atoms with Crippen molar-refractivity contribution in [2.45, 2.75) is 33.2 Å². The number of rotatable bonds is 3. The molecule has 0 rings (SSSR count). The van der Waals surface area contributed by atoms with Gasteiger partial charge in [0.2, 0.25) is 6.04 Å². The summed E-state index contributed by atoms with van der Waals surface area (Å²) < 4.78 is 0. The van der Waals surface area contributed by atoms with E-state index < -0.39 is 0 Å². The highest BCUT2D eigenvalue weighted by atomic mass is 16.6. The van der Waals surface area contributed by atoms with Crippen LogP contribution in [0.1, 0.15) is 27.2 Å². The van der Waals surface area contributed by atoms with Crippen LogP contribution in [0.2, 0.25) is 0 Å². The number of hydrogen-bond donors (Lipinski definition) is 0. The molecule has 0 aromatic rings. The van der Waals surface area contributed by atoms with Crippen LogP contribution in [0.3, 0.4) is 0 Å². The lowest BCUT2D eigenvalue weighted by Crippen LogP contribution is -2.16. The second kappa shape index (κ2) is 3.43. The van der Waals surface area contributed by atoms with E-state index in [1.165, 1.54) is 0 Å². The first kappa shape index (κ1) is 8.40. The molecular weight excluding hydrogens is 118 g/mol. The minimum Gasteiger partial charge on any atom is -0.264 e. The van der Waals surface area contributed by atoms with Gasteiger partial charge in [0.15, 0.2) is 0 Å². The van der Waals surface area contributed by atoms with Crippen LogP contribution in [-0.2, 0) is 0 Å². The van der Waals surface area contributed by atoms with Crippen LogP contribution in [0, 0.1) is 16.0 Å². The molecule has 0 aliphatic heterocycles. The first-order valence-corrected chi connectivity index (χ1v) is 3.17. The van der Waals surface area contributed by atoms with Crippen molar-refractivity contribution in [1.29, 1.82) is 0 Å². The van der Waals surface area contributed by atoms with Gasteiger partial charge in [-0.1, -0.05) is 13.8 Å². The summed E-state index contributed by atoms with van der Waals surface area (Å²) >= 11 is 0. The quantitative estimate of drug-likeness (QED) is 0.432. The summed E-state index contributed by atoms with van der Waals surface area (Å²) in [5.74, 6) is 0.422. The summed E-state index contributed by atoms with van der Waals surface area (Å²) in [6.07, 6.45) is 0.674. The third-order valence-corrected chi connectivity index (χ3v) is 1.17. The number of hydrogen-bond acceptors (Lipinski definition) is 2. The molecule has 3 heteroatoms. The van der Waals surface area contributed by atoms with Gasteiger partial charge in [-0.15, -0.1) is 0 Å². The normalized spacial score (nSPS) is 13.8. The molecule has 0 saturated heterocycles. The van der Waals surface area contributed by atoms with Gasteiger partial charge in [0, 0.05) is 18.3 Å². The third kappa shape index (κ3) is 3.94. The van der Waals surface area contributed by atoms with Crippen LogP contribution >= 0.6 is 0 Å². The van der Waals surface area contributed by atoms with Crippen LogP contribution in [0.5, 0.6) is 0 Å². The summed E-state index contributed by atoms with van der Waals surface area (Å²) in [6.45, 7) is 5.61. The van der Waals surface area contributed by atoms with Crippen LogP contribution in [0.25, 0.3) is 0 Å². The SMILES string of the molecule is CC(C)CC(C)[N+](=O)[O-]. The average molecular weight is 131 g/mol. The van der Waals surface area contributed by atoms with E-state index in [1.54, 1.807) is 6.92 Å². The Morgan fingerprint density at radius 2 is 1.89 bits per heavy atom. The molecule has 0 aromatic heterocycles. The second-order valence-electron chi connectivity index (χ2n) is 2.76. The highest BCUT2D eigenvalue weighted by molar-refractivity contribution is 4.51. The Morgan fingerprint density at radius 3 is 2.00 bits per heavy atom. The van der Waals surface area contributed by atoms with E-state index in [1.807, 2.05) is 13.8 Å². The Morgan fingerprint density at radius 1 is 1.44 bits per heavy atom. The van der Waals surface area contributed by atoms with E-state index in [2.05, 4.69) is 0 Å². The lowest BCUT2D eigenvalue weighted by molar-refractivity contribution is -0.520. The van der Waals surface area contributed by atoms with E-state index in [9.17, 15) is 10.1 Å². The Hall–Kier alpha value is -0.600. The largest absolute Gasteiger partial charge is 0.264 e. The summed E-state index contributed by atoms with van der Waals surface area (Å²) in [4.78, 5) is 9.80. The molecule has 9 heavy (non-hydrogen) atoms. The van der Waals surface area contributed by atoms with Gasteiger partial charge < -0.3 is 0 Å². The molecule has 0 aromatic carbocycles. The van der Waals surface area contributed by atoms with Crippen LogP contribution < -0.4 is 0 Å². The smallest absolute Gasteiger partial charge is 0.210 e. The molecular formula is C6H13NO2. The Balaban J connectivity index is 3.50. The van der Waals surface area contributed by atoms with Crippen molar-refractivity contribution >= 4 is 0 Å². The molecule has 0 aliphatic carbocycles. The highest BCUT2D eigenvalue weighted by Gasteiger charge is 2.13. The molecule has 3 nitrogen and oxygen atoms in total. The second-order valence-corrected chi connectivity index (χ2v) is 2.76. The van der Waals surface area contributed by atoms with Gasteiger partial charge in [-0.25, -0.2) is 0 Å². The Bertz CT molecular complexity index is 101. The summed E-state index contributed by atoms with van der Waals surface area (Å²) in [5.41, 5.74) is 0. The van der Waals surface area contributed by atoms with Gasteiger partial charge in [0.05, 0.1) is 0 Å². The van der Waals surface area contributed by atoms with Gasteiger partial charge >= 0.3 is 0 Å². The van der Waals surface area contributed by atoms with Crippen LogP contribution in [0.15, 0.2) is 0 Å². The van der Waals surface area contributed by atoms with Crippen molar-refractivity contribution in [2.75, 3.05) is 0 Å². The highest BCUT2D eigenvalue weighted by Crippen LogP contribution is 2.05. The molecule has 1 unspecified atom stereocenters. The van der Waals surface area contributed by atoms with Gasteiger partial charge in [-0.05, 0) is 5.92 Å². The standard InChI is InChI=1S/C6H13NO2/c1-5(2)4-6(3)7(8)9/h5-6H,4H2,1-3H3. The van der Waals surface area contributed by atoms with E-state index in [0.717, 1.165) is 0 Å². The summed E-state index contributed by atoms with van der Waals surface area (Å²) in [6, 6.07) is -0.384. The number of nitrogens with zero attached hydrogens (tertiary/aromatic N) is 1. The van der Waals surface area contributed by atoms with Crippen LogP contribution in [-0.4, -0.2) is 11.0 Å². The maximum atomic E-state index is 10.0. The summed E-state index contributed by atoms with van der Waals surface area (Å²) in [5, 5.41) is 10.0. The van der Waals surface area contributed by atoms with Crippen molar-refractivity contribution in [2.24, 2.45) is 5.92 Å². The zero-order valence-corrected chi connectivity index (χ0v) is 6.13. The van der Waals surface area contributed by atoms with Gasteiger partial charge in [0.25, 0.3) is 0 Å². The molecule has 1 atom stereocenters. The fraction of sp³-hybridized carbons (Fsp3) is 1.00. The maximum Gasteiger partial charge on any atom is 0.210 e. The molecule has 0 heterocycles. The van der Waals surface area contributed by atoms with Gasteiger partial charge in [0.1, 0.15) is 0 Å². The molecule has 0 spiro atoms. The molecule has 0 bridgehead atoms. The van der Waals surface area contributed by atoms with E-state index in [-0.39, 0.29) is 11.0 Å². The van der Waals surface area contributed by atoms with E-state index in [4.69, 9.17) is 0 Å². The molecule has 0 aliphatic rings. The lowest BCUT2D eigenvalue weighted by atomic mass is 10.1. The monoisotopic (exact) mass is 131 g/mol. The molecule has 54 valence electrons. The Labute approximate surface area is 55.2 Å². The van der Waals surface area contributed by atoms with Crippen molar-refractivity contribution < 1.29 is 4.92 Å². The fourth-order valence-electron chi connectivity index (χ4n) is 0.768. The van der Waals surface area contributed by atoms with Crippen molar-refractivity contribution in [3.63, 3.8) is 0 Å². The van der Waals surface area contributed by atoms with Crippen molar-refractivity contribution in [3.8, 4) is 0 Å². The molecule has 0 fully saturated rings. The number of nitro groups is 1. The molecule has 0 N–H and O–H groups in total. The van der Waals surface area contributed by atoms with Gasteiger partial charge in [-0.3, -0.25) is 10.1 Å². The maximum absolute atomic E-state index is 10.0. The minimum absolute atomic E-state index is 0.236. The van der Waals surface area contributed by atoms with Gasteiger partial charge in [-0.2, -0.15) is 0 Å². The molecule has 0 radical (unpaired) electrons. The van der Waals surface area contributed by atoms with E-state index >= 15 is 0 Å². The fourth-order valence-corrected chi connectivity index (χ4v) is 0.768. The van der Waals surface area contributed by atoms with E-state index in [0.29, 0.717) is 12.3 Å². The molecule has 0 amide bonds. The van der Waals surface area contributed by atoms with Crippen LogP contribution in [0.4, 0.5) is 0 Å². The third-order valence-electron chi connectivity index (χ3n) is 1.17. The first-order chi connectivity index (χ1) is 4.04. The predicted molar refractivity (Wildman–Crippen MR) is 35.9 cm³/mol. The predicted octanol–water partition coefficient (Wildman–Crippen LogP) is 1.70. The zero-order valence-electron chi connectivity index (χ0n) is 6.13. The van der Waals surface area contributed by atoms with Crippen molar-refractivity contribution in [1.82, 2.24) is 0 Å². The first-order valence-electron chi connectivity index (χ1n) is 3.17.